The first-order chi connectivity index (χ1) is 18.4. The number of amides is 2. The lowest BCUT2D eigenvalue weighted by Crippen LogP contribution is -2.46. The molecule has 4 aromatic rings. The molecule has 0 spiro atoms. The van der Waals surface area contributed by atoms with Crippen molar-refractivity contribution in [3.05, 3.63) is 118 Å². The van der Waals surface area contributed by atoms with E-state index in [0.717, 1.165) is 33.6 Å². The van der Waals surface area contributed by atoms with Crippen LogP contribution in [0.1, 0.15) is 46.6 Å². The van der Waals surface area contributed by atoms with Crippen LogP contribution in [0, 0.1) is 12.7 Å². The number of hydrogen-bond donors (Lipinski definition) is 0. The summed E-state index contributed by atoms with van der Waals surface area (Å²) in [6, 6.07) is 25.7. The zero-order valence-electron chi connectivity index (χ0n) is 22.1. The molecule has 0 aliphatic carbocycles. The molecule has 0 bridgehead atoms. The van der Waals surface area contributed by atoms with Crippen molar-refractivity contribution in [2.24, 2.45) is 0 Å². The number of hydrogen-bond acceptors (Lipinski definition) is 3. The molecule has 6 heteroatoms. The van der Waals surface area contributed by atoms with Crippen LogP contribution in [0.25, 0.3) is 11.1 Å². The van der Waals surface area contributed by atoms with Crippen molar-refractivity contribution in [3.8, 4) is 11.1 Å². The molecule has 0 aliphatic rings. The Morgan fingerprint density at radius 1 is 0.868 bits per heavy atom. The third-order valence-corrected chi connectivity index (χ3v) is 7.88. The van der Waals surface area contributed by atoms with Gasteiger partial charge in [0.2, 0.25) is 5.91 Å². The van der Waals surface area contributed by atoms with Crippen LogP contribution in [0.4, 0.5) is 4.39 Å². The number of carbonyl (C=O) groups excluding carboxylic acids is 2. The van der Waals surface area contributed by atoms with Crippen LogP contribution in [0.5, 0.6) is 0 Å². The molecule has 0 N–H and O–H groups in total. The van der Waals surface area contributed by atoms with Crippen molar-refractivity contribution < 1.29 is 14.0 Å². The summed E-state index contributed by atoms with van der Waals surface area (Å²) in [5.74, 6) is -0.620. The minimum Gasteiger partial charge on any atom is -0.332 e. The van der Waals surface area contributed by atoms with Crippen LogP contribution in [0.2, 0.25) is 0 Å². The molecule has 4 nitrogen and oxygen atoms in total. The largest absolute Gasteiger partial charge is 0.332 e. The normalized spacial score (nSPS) is 11.7. The fraction of sp³-hybridized carbons (Fsp3) is 0.250. The molecule has 0 saturated carbocycles. The maximum atomic E-state index is 13.7. The lowest BCUT2D eigenvalue weighted by molar-refractivity contribution is -0.133. The second-order valence-electron chi connectivity index (χ2n) is 9.54. The van der Waals surface area contributed by atoms with Gasteiger partial charge in [0.15, 0.2) is 0 Å². The predicted octanol–water partition coefficient (Wildman–Crippen LogP) is 7.33. The third kappa shape index (κ3) is 6.75. The molecule has 0 radical (unpaired) electrons. The maximum Gasteiger partial charge on any atom is 0.254 e. The Morgan fingerprint density at radius 3 is 2.13 bits per heavy atom. The van der Waals surface area contributed by atoms with Crippen LogP contribution in [0.3, 0.4) is 0 Å². The van der Waals surface area contributed by atoms with E-state index in [2.05, 4.69) is 0 Å². The second-order valence-corrected chi connectivity index (χ2v) is 10.5. The van der Waals surface area contributed by atoms with Gasteiger partial charge in [-0.05, 0) is 78.2 Å². The van der Waals surface area contributed by atoms with E-state index in [1.807, 2.05) is 86.8 Å². The summed E-state index contributed by atoms with van der Waals surface area (Å²) in [6.07, 6.45) is 0.725. The van der Waals surface area contributed by atoms with Crippen LogP contribution in [-0.4, -0.2) is 34.2 Å². The number of thiophene rings is 1. The minimum absolute atomic E-state index is 0.0279. The van der Waals surface area contributed by atoms with Gasteiger partial charge in [-0.1, -0.05) is 61.5 Å². The van der Waals surface area contributed by atoms with Gasteiger partial charge in [0.1, 0.15) is 12.4 Å². The van der Waals surface area contributed by atoms with E-state index in [1.165, 1.54) is 12.1 Å². The van der Waals surface area contributed by atoms with Gasteiger partial charge in [-0.15, -0.1) is 11.3 Å². The summed E-state index contributed by atoms with van der Waals surface area (Å²) in [5, 5.41) is 2.01. The highest BCUT2D eigenvalue weighted by molar-refractivity contribution is 7.10. The van der Waals surface area contributed by atoms with E-state index in [0.29, 0.717) is 18.7 Å². The summed E-state index contributed by atoms with van der Waals surface area (Å²) in [5.41, 5.74) is 4.63. The predicted molar refractivity (Wildman–Crippen MR) is 152 cm³/mol. The molecule has 196 valence electrons. The summed E-state index contributed by atoms with van der Waals surface area (Å²) in [4.78, 5) is 31.9. The number of rotatable bonds is 10. The number of benzene rings is 3. The number of carbonyl (C=O) groups is 2. The molecule has 0 fully saturated rings. The highest BCUT2D eigenvalue weighted by atomic mass is 32.1. The van der Waals surface area contributed by atoms with E-state index in [4.69, 9.17) is 0 Å². The van der Waals surface area contributed by atoms with E-state index in [-0.39, 0.29) is 30.2 Å². The molecule has 1 aromatic heterocycles. The van der Waals surface area contributed by atoms with Crippen LogP contribution in [0.15, 0.2) is 90.3 Å². The molecule has 1 atom stereocenters. The smallest absolute Gasteiger partial charge is 0.254 e. The molecule has 0 saturated heterocycles. The van der Waals surface area contributed by atoms with Crippen molar-refractivity contribution >= 4 is 23.2 Å². The average molecular weight is 529 g/mol. The van der Waals surface area contributed by atoms with Crippen molar-refractivity contribution in [2.75, 3.05) is 6.54 Å². The first-order valence-corrected chi connectivity index (χ1v) is 13.7. The zero-order valence-corrected chi connectivity index (χ0v) is 22.9. The number of halogens is 1. The van der Waals surface area contributed by atoms with Gasteiger partial charge >= 0.3 is 0 Å². The van der Waals surface area contributed by atoms with E-state index >= 15 is 0 Å². The Bertz CT molecular complexity index is 1350. The first kappa shape index (κ1) is 27.3. The van der Waals surface area contributed by atoms with Crippen LogP contribution < -0.4 is 0 Å². The van der Waals surface area contributed by atoms with Crippen molar-refractivity contribution in [1.29, 1.82) is 0 Å². The summed E-state index contributed by atoms with van der Waals surface area (Å²) in [7, 11) is 0. The van der Waals surface area contributed by atoms with Crippen LogP contribution in [-0.2, 0) is 17.9 Å². The van der Waals surface area contributed by atoms with Crippen molar-refractivity contribution in [2.45, 2.75) is 46.3 Å². The topological polar surface area (TPSA) is 40.6 Å². The molecule has 4 rings (SSSR count). The van der Waals surface area contributed by atoms with E-state index in [1.54, 1.807) is 33.3 Å². The van der Waals surface area contributed by atoms with Gasteiger partial charge in [0.05, 0.1) is 6.54 Å². The number of nitrogens with zero attached hydrogens (tertiary/aromatic N) is 2. The fourth-order valence-corrected chi connectivity index (χ4v) is 5.20. The highest BCUT2D eigenvalue weighted by Crippen LogP contribution is 2.22. The first-order valence-electron chi connectivity index (χ1n) is 12.9. The molecule has 1 unspecified atom stereocenters. The molecule has 1 heterocycles. The maximum absolute atomic E-state index is 13.7. The molecule has 38 heavy (non-hydrogen) atoms. The van der Waals surface area contributed by atoms with Crippen molar-refractivity contribution in [1.82, 2.24) is 9.80 Å². The Balaban J connectivity index is 1.55. The lowest BCUT2D eigenvalue weighted by Gasteiger charge is -2.31. The standard InChI is InChI=1S/C32H33FN2O2S/c1-4-24(3)35(32(37)28-14-12-27(13-15-28)26-8-6-5-7-9-26)22-31(36)34(21-30-23(2)18-19-38-30)20-25-10-16-29(33)17-11-25/h5-19,24H,4,20-22H2,1-3H3. The molecule has 0 aliphatic heterocycles. The quantitative estimate of drug-likeness (QED) is 0.216. The summed E-state index contributed by atoms with van der Waals surface area (Å²) >= 11 is 1.61. The Morgan fingerprint density at radius 2 is 1.53 bits per heavy atom. The monoisotopic (exact) mass is 528 g/mol. The fourth-order valence-electron chi connectivity index (χ4n) is 4.28. The minimum atomic E-state index is -0.312. The van der Waals surface area contributed by atoms with E-state index in [9.17, 15) is 14.0 Å². The molecular formula is C32H33FN2O2S. The van der Waals surface area contributed by atoms with Gasteiger partial charge in [0, 0.05) is 23.0 Å². The molecule has 3 aromatic carbocycles. The zero-order chi connectivity index (χ0) is 27.1. The van der Waals surface area contributed by atoms with Crippen molar-refractivity contribution in [3.63, 3.8) is 0 Å². The van der Waals surface area contributed by atoms with E-state index < -0.39 is 0 Å². The van der Waals surface area contributed by atoms with Gasteiger partial charge < -0.3 is 9.80 Å². The molecule has 2 amide bonds. The molecular weight excluding hydrogens is 495 g/mol. The second kappa shape index (κ2) is 12.7. The Hall–Kier alpha value is -3.77. The Kier molecular flexibility index (Phi) is 9.08. The van der Waals surface area contributed by atoms with Gasteiger partial charge in [0.25, 0.3) is 5.91 Å². The van der Waals surface area contributed by atoms with Gasteiger partial charge in [-0.2, -0.15) is 0 Å². The Labute approximate surface area is 228 Å². The average Bonchev–Trinajstić information content (AvgIpc) is 3.36. The third-order valence-electron chi connectivity index (χ3n) is 6.87. The van der Waals surface area contributed by atoms with Gasteiger partial charge in [-0.25, -0.2) is 4.39 Å². The SMILES string of the molecule is CCC(C)N(CC(=O)N(Cc1ccc(F)cc1)Cc1sccc1C)C(=O)c1ccc(-c2ccccc2)cc1. The number of aryl methyl sites for hydroxylation is 1. The van der Waals surface area contributed by atoms with Gasteiger partial charge in [-0.3, -0.25) is 9.59 Å². The lowest BCUT2D eigenvalue weighted by atomic mass is 10.0. The van der Waals surface area contributed by atoms with Crippen LogP contribution >= 0.6 is 11.3 Å². The highest BCUT2D eigenvalue weighted by Gasteiger charge is 2.26. The summed E-state index contributed by atoms with van der Waals surface area (Å²) < 4.78 is 13.5. The summed E-state index contributed by atoms with van der Waals surface area (Å²) in [6.45, 7) is 6.76.